The number of benzene rings is 3. The fourth-order valence-electron chi connectivity index (χ4n) is 3.91. The van der Waals surface area contributed by atoms with Gasteiger partial charge in [-0.1, -0.05) is 23.7 Å². The first kappa shape index (κ1) is 29.1. The third kappa shape index (κ3) is 6.80. The quantitative estimate of drug-likeness (QED) is 0.213. The van der Waals surface area contributed by atoms with Gasteiger partial charge in [-0.2, -0.15) is 5.26 Å². The van der Waals surface area contributed by atoms with Crippen molar-refractivity contribution in [3.8, 4) is 45.8 Å². The Labute approximate surface area is 242 Å². The van der Waals surface area contributed by atoms with Crippen LogP contribution < -0.4 is 19.5 Å². The Morgan fingerprint density at radius 2 is 1.41 bits per heavy atom. The van der Waals surface area contributed by atoms with Crippen molar-refractivity contribution in [3.63, 3.8) is 0 Å². The molecule has 0 atom stereocenters. The van der Waals surface area contributed by atoms with Crippen LogP contribution in [0.1, 0.15) is 19.4 Å². The molecule has 0 saturated carbocycles. The molecule has 3 aromatic carbocycles. The minimum absolute atomic E-state index is 0.0816. The first-order valence-corrected chi connectivity index (χ1v) is 12.8. The Balaban J connectivity index is 1.56. The summed E-state index contributed by atoms with van der Waals surface area (Å²) in [5.74, 6) is 0.507. The molecule has 0 aliphatic rings. The molecule has 0 spiro atoms. The van der Waals surface area contributed by atoms with Gasteiger partial charge >= 0.3 is 5.97 Å². The second-order valence-electron chi connectivity index (χ2n) is 9.27. The summed E-state index contributed by atoms with van der Waals surface area (Å²) in [7, 11) is 3.12. The highest BCUT2D eigenvalue weighted by molar-refractivity contribution is 6.30. The van der Waals surface area contributed by atoms with Crippen molar-refractivity contribution in [3.05, 3.63) is 83.4 Å². The predicted molar refractivity (Wildman–Crippen MR) is 153 cm³/mol. The highest BCUT2D eigenvalue weighted by Crippen LogP contribution is 2.42. The monoisotopic (exact) mass is 574 g/mol. The molecule has 41 heavy (non-hydrogen) atoms. The van der Waals surface area contributed by atoms with Crippen LogP contribution >= 0.6 is 11.6 Å². The van der Waals surface area contributed by atoms with Crippen molar-refractivity contribution in [1.82, 2.24) is 0 Å². The molecular formula is C31H27ClN2O7. The fraction of sp³-hybridized carbons (Fsp3) is 0.194. The van der Waals surface area contributed by atoms with Gasteiger partial charge in [0.2, 0.25) is 5.88 Å². The molecule has 0 aliphatic heterocycles. The lowest BCUT2D eigenvalue weighted by molar-refractivity contribution is -0.161. The maximum Gasteiger partial charge on any atom is 0.350 e. The molecule has 10 heteroatoms. The topological polar surface area (TPSA) is 120 Å². The van der Waals surface area contributed by atoms with Crippen LogP contribution in [0.3, 0.4) is 0 Å². The van der Waals surface area contributed by atoms with Gasteiger partial charge in [-0.3, -0.25) is 10.1 Å². The van der Waals surface area contributed by atoms with Gasteiger partial charge in [-0.05, 0) is 80.1 Å². The molecule has 0 bridgehead atoms. The van der Waals surface area contributed by atoms with E-state index in [9.17, 15) is 14.9 Å². The number of furan rings is 1. The van der Waals surface area contributed by atoms with Gasteiger partial charge in [0.15, 0.2) is 12.2 Å². The van der Waals surface area contributed by atoms with Gasteiger partial charge in [-0.15, -0.1) is 0 Å². The first-order valence-electron chi connectivity index (χ1n) is 12.4. The summed E-state index contributed by atoms with van der Waals surface area (Å²) in [6, 6.07) is 22.8. The zero-order chi connectivity index (χ0) is 29.6. The number of anilines is 1. The molecule has 0 aliphatic carbocycles. The summed E-state index contributed by atoms with van der Waals surface area (Å²) < 4.78 is 27.5. The maximum absolute atomic E-state index is 12.8. The Morgan fingerprint density at radius 1 is 0.878 bits per heavy atom. The number of nitrogens with zero attached hydrogens (tertiary/aromatic N) is 1. The van der Waals surface area contributed by atoms with E-state index in [0.717, 1.165) is 0 Å². The van der Waals surface area contributed by atoms with E-state index < -0.39 is 24.1 Å². The predicted octanol–water partition coefficient (Wildman–Crippen LogP) is 6.50. The molecule has 4 rings (SSSR count). The number of carbonyl (C=O) groups excluding carboxylic acids is 2. The fourth-order valence-corrected chi connectivity index (χ4v) is 4.04. The lowest BCUT2D eigenvalue weighted by Crippen LogP contribution is -2.41. The van der Waals surface area contributed by atoms with Crippen molar-refractivity contribution in [2.75, 3.05) is 26.1 Å². The van der Waals surface area contributed by atoms with E-state index in [-0.39, 0.29) is 11.4 Å². The van der Waals surface area contributed by atoms with Gasteiger partial charge in [0, 0.05) is 16.1 Å². The summed E-state index contributed by atoms with van der Waals surface area (Å²) in [5, 5.41) is 13.2. The molecular weight excluding hydrogens is 548 g/mol. The molecule has 1 amide bonds. The van der Waals surface area contributed by atoms with Crippen LogP contribution in [0.25, 0.3) is 22.5 Å². The summed E-state index contributed by atoms with van der Waals surface area (Å²) in [5.41, 5.74) is 0.517. The van der Waals surface area contributed by atoms with E-state index in [1.807, 2.05) is 0 Å². The summed E-state index contributed by atoms with van der Waals surface area (Å²) in [6.45, 7) is 2.41. The van der Waals surface area contributed by atoms with Gasteiger partial charge in [-0.25, -0.2) is 4.79 Å². The van der Waals surface area contributed by atoms with E-state index in [2.05, 4.69) is 11.4 Å². The van der Waals surface area contributed by atoms with E-state index in [1.54, 1.807) is 87.0 Å². The average molecular weight is 575 g/mol. The number of amides is 1. The summed E-state index contributed by atoms with van der Waals surface area (Å²) in [6.07, 6.45) is 0. The standard InChI is InChI=1S/C31H27ClN2O7/c1-31(2,41-24-15-9-21(32)10-16-24)30(36)39-18-26(35)34-29-25(17-33)27(19-5-11-22(37-3)12-6-19)28(40-29)20-7-13-23(38-4)14-8-20/h5-16H,18H2,1-4H3,(H,34,35). The highest BCUT2D eigenvalue weighted by atomic mass is 35.5. The van der Waals surface area contributed by atoms with E-state index in [0.29, 0.717) is 44.7 Å². The molecule has 4 aromatic rings. The summed E-state index contributed by atoms with van der Waals surface area (Å²) in [4.78, 5) is 25.5. The van der Waals surface area contributed by atoms with E-state index in [4.69, 9.17) is 35.0 Å². The number of halogens is 1. The number of ether oxygens (including phenoxy) is 4. The Morgan fingerprint density at radius 3 is 1.95 bits per heavy atom. The number of methoxy groups -OCH3 is 2. The van der Waals surface area contributed by atoms with E-state index in [1.165, 1.54) is 13.8 Å². The number of rotatable bonds is 10. The number of hydrogen-bond donors (Lipinski definition) is 1. The Hall–Kier alpha value is -4.94. The van der Waals surface area contributed by atoms with Crippen molar-refractivity contribution in [2.45, 2.75) is 19.4 Å². The molecule has 0 radical (unpaired) electrons. The lowest BCUT2D eigenvalue weighted by Gasteiger charge is -2.24. The second-order valence-corrected chi connectivity index (χ2v) is 9.71. The smallest absolute Gasteiger partial charge is 0.350 e. The number of carbonyl (C=O) groups is 2. The van der Waals surface area contributed by atoms with Crippen LogP contribution in [0.4, 0.5) is 5.88 Å². The lowest BCUT2D eigenvalue weighted by atomic mass is 9.98. The summed E-state index contributed by atoms with van der Waals surface area (Å²) >= 11 is 5.89. The zero-order valence-corrected chi connectivity index (χ0v) is 23.6. The van der Waals surface area contributed by atoms with Crippen molar-refractivity contribution in [1.29, 1.82) is 5.26 Å². The average Bonchev–Trinajstić information content (AvgIpc) is 3.34. The van der Waals surface area contributed by atoms with Crippen molar-refractivity contribution < 1.29 is 33.0 Å². The van der Waals surface area contributed by atoms with Gasteiger partial charge < -0.3 is 23.4 Å². The maximum atomic E-state index is 12.8. The van der Waals surface area contributed by atoms with Crippen molar-refractivity contribution in [2.24, 2.45) is 0 Å². The Bertz CT molecular complexity index is 1570. The van der Waals surface area contributed by atoms with Gasteiger partial charge in [0.25, 0.3) is 5.91 Å². The third-order valence-corrected chi connectivity index (χ3v) is 6.27. The van der Waals surface area contributed by atoms with Crippen LogP contribution in [-0.4, -0.2) is 38.3 Å². The zero-order valence-electron chi connectivity index (χ0n) is 22.8. The number of esters is 1. The molecule has 1 aromatic heterocycles. The number of hydrogen-bond acceptors (Lipinski definition) is 8. The second kappa shape index (κ2) is 12.5. The molecule has 0 saturated heterocycles. The molecule has 210 valence electrons. The minimum Gasteiger partial charge on any atom is -0.497 e. The Kier molecular flexibility index (Phi) is 8.85. The molecule has 1 N–H and O–H groups in total. The molecule has 0 fully saturated rings. The largest absolute Gasteiger partial charge is 0.497 e. The SMILES string of the molecule is COc1ccc(-c2oc(NC(=O)COC(=O)C(C)(C)Oc3ccc(Cl)cc3)c(C#N)c2-c2ccc(OC)cc2)cc1. The van der Waals surface area contributed by atoms with Crippen LogP contribution in [0.15, 0.2) is 77.2 Å². The van der Waals surface area contributed by atoms with Gasteiger partial charge in [0.1, 0.15) is 34.6 Å². The first-order chi connectivity index (χ1) is 19.6. The highest BCUT2D eigenvalue weighted by Gasteiger charge is 2.33. The molecule has 9 nitrogen and oxygen atoms in total. The van der Waals surface area contributed by atoms with Crippen LogP contribution in [0, 0.1) is 11.3 Å². The van der Waals surface area contributed by atoms with Crippen LogP contribution in [-0.2, 0) is 14.3 Å². The number of nitriles is 1. The van der Waals surface area contributed by atoms with Crippen LogP contribution in [0.2, 0.25) is 5.02 Å². The van der Waals surface area contributed by atoms with Crippen molar-refractivity contribution >= 4 is 29.4 Å². The molecule has 0 unspecified atom stereocenters. The van der Waals surface area contributed by atoms with Gasteiger partial charge in [0.05, 0.1) is 14.2 Å². The van der Waals surface area contributed by atoms with E-state index >= 15 is 0 Å². The minimum atomic E-state index is -1.39. The van der Waals surface area contributed by atoms with Crippen LogP contribution in [0.5, 0.6) is 17.2 Å². The number of nitrogens with one attached hydrogen (secondary N) is 1. The third-order valence-electron chi connectivity index (χ3n) is 6.02. The molecule has 1 heterocycles. The normalized spacial score (nSPS) is 10.8.